The maximum atomic E-state index is 6.24. The topological polar surface area (TPSA) is 12.0 Å². The molecule has 2 aromatic rings. The smallest absolute Gasteiger partial charge is 0.0702 e. The van der Waals surface area contributed by atoms with Crippen molar-refractivity contribution in [2.24, 2.45) is 0 Å². The highest BCUT2D eigenvalue weighted by molar-refractivity contribution is 9.11. The van der Waals surface area contributed by atoms with E-state index < -0.39 is 0 Å². The van der Waals surface area contributed by atoms with Crippen molar-refractivity contribution in [3.05, 3.63) is 54.6 Å². The van der Waals surface area contributed by atoms with Crippen LogP contribution in [0.3, 0.4) is 0 Å². The van der Waals surface area contributed by atoms with Gasteiger partial charge in [-0.1, -0.05) is 35.3 Å². The molecule has 17 heavy (non-hydrogen) atoms. The molecule has 2 rings (SSSR count). The Kier molecular flexibility index (Phi) is 4.50. The SMILES string of the molecule is CNC(c1ccc(Br)s1)c1cccc(Cl)c1Cl. The van der Waals surface area contributed by atoms with Gasteiger partial charge in [0.25, 0.3) is 0 Å². The van der Waals surface area contributed by atoms with E-state index in [-0.39, 0.29) is 6.04 Å². The minimum absolute atomic E-state index is 0.0671. The summed E-state index contributed by atoms with van der Waals surface area (Å²) in [5.41, 5.74) is 0.996. The lowest BCUT2D eigenvalue weighted by Gasteiger charge is -2.17. The minimum atomic E-state index is 0.0671. The highest BCUT2D eigenvalue weighted by Gasteiger charge is 2.18. The van der Waals surface area contributed by atoms with Crippen LogP contribution in [0.25, 0.3) is 0 Å². The van der Waals surface area contributed by atoms with Gasteiger partial charge in [0.05, 0.1) is 19.9 Å². The molecule has 0 aliphatic heterocycles. The van der Waals surface area contributed by atoms with E-state index in [1.807, 2.05) is 25.2 Å². The average molecular weight is 351 g/mol. The lowest BCUT2D eigenvalue weighted by molar-refractivity contribution is 0.704. The highest BCUT2D eigenvalue weighted by Crippen LogP contribution is 2.36. The van der Waals surface area contributed by atoms with Crippen LogP contribution in [0.1, 0.15) is 16.5 Å². The standard InChI is InChI=1S/C12H10BrCl2NS/c1-16-12(9-5-6-10(13)17-9)7-3-2-4-8(14)11(7)15/h2-6,12,16H,1H3. The number of halogens is 3. The van der Waals surface area contributed by atoms with E-state index in [0.717, 1.165) is 9.35 Å². The van der Waals surface area contributed by atoms with E-state index in [1.54, 1.807) is 17.4 Å². The second kappa shape index (κ2) is 5.72. The Balaban J connectivity index is 2.45. The van der Waals surface area contributed by atoms with Crippen molar-refractivity contribution in [1.29, 1.82) is 0 Å². The highest BCUT2D eigenvalue weighted by atomic mass is 79.9. The van der Waals surface area contributed by atoms with E-state index in [0.29, 0.717) is 10.0 Å². The van der Waals surface area contributed by atoms with Gasteiger partial charge in [-0.25, -0.2) is 0 Å². The number of rotatable bonds is 3. The second-order valence-electron chi connectivity index (χ2n) is 3.51. The van der Waals surface area contributed by atoms with Crippen molar-refractivity contribution in [2.45, 2.75) is 6.04 Å². The van der Waals surface area contributed by atoms with Crippen molar-refractivity contribution >= 4 is 50.5 Å². The van der Waals surface area contributed by atoms with Crippen LogP contribution >= 0.6 is 50.5 Å². The van der Waals surface area contributed by atoms with Crippen LogP contribution in [0.2, 0.25) is 10.0 Å². The summed E-state index contributed by atoms with van der Waals surface area (Å²) in [4.78, 5) is 1.20. The molecule has 0 radical (unpaired) electrons. The fourth-order valence-electron chi connectivity index (χ4n) is 1.68. The summed E-state index contributed by atoms with van der Waals surface area (Å²) < 4.78 is 1.10. The Hall–Kier alpha value is -0.0600. The Morgan fingerprint density at radius 2 is 2.00 bits per heavy atom. The van der Waals surface area contributed by atoms with E-state index in [9.17, 15) is 0 Å². The zero-order valence-corrected chi connectivity index (χ0v) is 12.9. The van der Waals surface area contributed by atoms with Gasteiger partial charge in [-0.05, 0) is 46.7 Å². The van der Waals surface area contributed by atoms with Gasteiger partial charge in [0.1, 0.15) is 0 Å². The van der Waals surface area contributed by atoms with Gasteiger partial charge in [-0.15, -0.1) is 11.3 Å². The fraction of sp³-hybridized carbons (Fsp3) is 0.167. The van der Waals surface area contributed by atoms with Gasteiger partial charge >= 0.3 is 0 Å². The molecular formula is C12H10BrCl2NS. The van der Waals surface area contributed by atoms with Crippen molar-refractivity contribution in [1.82, 2.24) is 5.32 Å². The third kappa shape index (κ3) is 2.85. The molecular weight excluding hydrogens is 341 g/mol. The first-order chi connectivity index (χ1) is 8.13. The lowest BCUT2D eigenvalue weighted by Crippen LogP contribution is -2.16. The molecule has 0 fully saturated rings. The molecule has 1 atom stereocenters. The third-order valence-corrected chi connectivity index (χ3v) is 4.98. The number of nitrogens with one attached hydrogen (secondary N) is 1. The van der Waals surface area contributed by atoms with E-state index in [2.05, 4.69) is 27.3 Å². The molecule has 0 amide bonds. The quantitative estimate of drug-likeness (QED) is 0.809. The summed E-state index contributed by atoms with van der Waals surface area (Å²) in [5.74, 6) is 0. The van der Waals surface area contributed by atoms with Crippen molar-refractivity contribution in [2.75, 3.05) is 7.05 Å². The molecule has 1 N–H and O–H groups in total. The first-order valence-corrected chi connectivity index (χ1v) is 7.36. The lowest BCUT2D eigenvalue weighted by atomic mass is 10.1. The maximum absolute atomic E-state index is 6.24. The third-order valence-electron chi connectivity index (χ3n) is 2.46. The Morgan fingerprint density at radius 1 is 1.24 bits per heavy atom. The molecule has 1 heterocycles. The molecule has 90 valence electrons. The summed E-state index contributed by atoms with van der Waals surface area (Å²) in [7, 11) is 1.91. The predicted octanol–water partition coefficient (Wildman–Crippen LogP) is 5.13. The Bertz CT molecular complexity index is 527. The maximum Gasteiger partial charge on any atom is 0.0702 e. The van der Waals surface area contributed by atoms with E-state index in [1.165, 1.54) is 4.88 Å². The molecule has 1 aromatic carbocycles. The molecule has 0 aliphatic rings. The van der Waals surface area contributed by atoms with Crippen molar-refractivity contribution in [3.8, 4) is 0 Å². The first kappa shape index (κ1) is 13.4. The largest absolute Gasteiger partial charge is 0.309 e. The van der Waals surface area contributed by atoms with Crippen molar-refractivity contribution in [3.63, 3.8) is 0 Å². The molecule has 0 spiro atoms. The molecule has 0 bridgehead atoms. The van der Waals surface area contributed by atoms with Gasteiger partial charge in [0.2, 0.25) is 0 Å². The molecule has 1 aromatic heterocycles. The van der Waals surface area contributed by atoms with Gasteiger partial charge in [-0.2, -0.15) is 0 Å². The predicted molar refractivity (Wildman–Crippen MR) is 79.4 cm³/mol. The summed E-state index contributed by atoms with van der Waals surface area (Å²) in [5, 5.41) is 4.46. The van der Waals surface area contributed by atoms with Gasteiger partial charge in [0, 0.05) is 4.88 Å². The number of benzene rings is 1. The van der Waals surface area contributed by atoms with Crippen LogP contribution in [0.5, 0.6) is 0 Å². The van der Waals surface area contributed by atoms with Gasteiger partial charge in [-0.3, -0.25) is 0 Å². The van der Waals surface area contributed by atoms with Gasteiger partial charge in [0.15, 0.2) is 0 Å². The summed E-state index contributed by atoms with van der Waals surface area (Å²) in [6.07, 6.45) is 0. The second-order valence-corrected chi connectivity index (χ2v) is 6.79. The van der Waals surface area contributed by atoms with Crippen LogP contribution < -0.4 is 5.32 Å². The number of thiophene rings is 1. The zero-order valence-electron chi connectivity index (χ0n) is 9.01. The molecule has 5 heteroatoms. The van der Waals surface area contributed by atoms with Crippen LogP contribution in [-0.4, -0.2) is 7.05 Å². The van der Waals surface area contributed by atoms with Crippen LogP contribution in [0.15, 0.2) is 34.1 Å². The van der Waals surface area contributed by atoms with Crippen molar-refractivity contribution < 1.29 is 0 Å². The monoisotopic (exact) mass is 349 g/mol. The average Bonchev–Trinajstić information content (AvgIpc) is 2.72. The normalized spacial score (nSPS) is 12.7. The summed E-state index contributed by atoms with van der Waals surface area (Å²) >= 11 is 17.4. The summed E-state index contributed by atoms with van der Waals surface area (Å²) in [6.45, 7) is 0. The molecule has 0 aliphatic carbocycles. The minimum Gasteiger partial charge on any atom is -0.309 e. The zero-order chi connectivity index (χ0) is 12.4. The van der Waals surface area contributed by atoms with E-state index in [4.69, 9.17) is 23.2 Å². The van der Waals surface area contributed by atoms with Crippen LogP contribution in [0.4, 0.5) is 0 Å². The summed E-state index contributed by atoms with van der Waals surface area (Å²) in [6, 6.07) is 9.87. The van der Waals surface area contributed by atoms with Gasteiger partial charge < -0.3 is 5.32 Å². The Labute approximate surface area is 123 Å². The fourth-order valence-corrected chi connectivity index (χ4v) is 3.65. The molecule has 1 unspecified atom stereocenters. The molecule has 0 saturated carbocycles. The van der Waals surface area contributed by atoms with Crippen LogP contribution in [-0.2, 0) is 0 Å². The first-order valence-electron chi connectivity index (χ1n) is 5.00. The molecule has 0 saturated heterocycles. The van der Waals surface area contributed by atoms with E-state index >= 15 is 0 Å². The molecule has 1 nitrogen and oxygen atoms in total. The number of hydrogen-bond donors (Lipinski definition) is 1. The number of hydrogen-bond acceptors (Lipinski definition) is 2. The van der Waals surface area contributed by atoms with Crippen LogP contribution in [0, 0.1) is 0 Å². The Morgan fingerprint density at radius 3 is 2.59 bits per heavy atom.